The van der Waals surface area contributed by atoms with Gasteiger partial charge in [-0.2, -0.15) is 0 Å². The van der Waals surface area contributed by atoms with Gasteiger partial charge in [0.15, 0.2) is 16.6 Å². The molecule has 24 heavy (non-hydrogen) atoms. The lowest BCUT2D eigenvalue weighted by Crippen LogP contribution is -2.24. The Morgan fingerprint density at radius 3 is 2.88 bits per heavy atom. The van der Waals surface area contributed by atoms with E-state index in [1.165, 1.54) is 23.1 Å². The molecule has 0 unspecified atom stereocenters. The van der Waals surface area contributed by atoms with Crippen molar-refractivity contribution in [3.63, 3.8) is 0 Å². The maximum atomic E-state index is 13.3. The van der Waals surface area contributed by atoms with E-state index in [2.05, 4.69) is 35.9 Å². The Balaban J connectivity index is 2.25. The number of halogens is 2. The fraction of sp³-hybridized carbons (Fsp3) is 0.231. The molecule has 128 valence electrons. The quantitative estimate of drug-likeness (QED) is 0.332. The summed E-state index contributed by atoms with van der Waals surface area (Å²) in [5.41, 5.74) is 2.41. The minimum Gasteiger partial charge on any atom is -0.348 e. The summed E-state index contributed by atoms with van der Waals surface area (Å²) in [6.07, 6.45) is 0. The predicted molar refractivity (Wildman–Crippen MR) is 88.9 cm³/mol. The number of nitrogens with zero attached hydrogens (tertiary/aromatic N) is 4. The van der Waals surface area contributed by atoms with Gasteiger partial charge in [0.25, 0.3) is 0 Å². The number of rotatable bonds is 5. The first-order chi connectivity index (χ1) is 11.4. The number of hydroxylamine groups is 1. The van der Waals surface area contributed by atoms with Crippen LogP contribution in [0.5, 0.6) is 0 Å². The van der Waals surface area contributed by atoms with Crippen LogP contribution < -0.4 is 5.48 Å². The highest BCUT2D eigenvalue weighted by Gasteiger charge is 2.19. The topological polar surface area (TPSA) is 104 Å². The van der Waals surface area contributed by atoms with E-state index >= 15 is 0 Å². The van der Waals surface area contributed by atoms with Crippen molar-refractivity contribution in [3.8, 4) is 0 Å². The number of carbonyl (C=O) groups excluding carboxylic acids is 1. The molecule has 0 radical (unpaired) electrons. The second kappa shape index (κ2) is 8.22. The van der Waals surface area contributed by atoms with Gasteiger partial charge < -0.3 is 4.90 Å². The largest absolute Gasteiger partial charge is 0.348 e. The van der Waals surface area contributed by atoms with Gasteiger partial charge in [0, 0.05) is 14.1 Å². The lowest BCUT2D eigenvalue weighted by atomic mass is 10.3. The van der Waals surface area contributed by atoms with Gasteiger partial charge in [-0.05, 0) is 44.4 Å². The Morgan fingerprint density at radius 2 is 2.25 bits per heavy atom. The highest BCUT2D eigenvalue weighted by molar-refractivity contribution is 9.10. The zero-order chi connectivity index (χ0) is 17.7. The van der Waals surface area contributed by atoms with Crippen LogP contribution in [-0.2, 0) is 4.79 Å². The summed E-state index contributed by atoms with van der Waals surface area (Å²) in [7, 11) is 3.28. The highest BCUT2D eigenvalue weighted by Crippen LogP contribution is 2.24. The summed E-state index contributed by atoms with van der Waals surface area (Å²) in [6, 6.07) is 4.08. The summed E-state index contributed by atoms with van der Waals surface area (Å²) in [5, 5.41) is 17.0. The molecule has 0 spiro atoms. The number of amides is 1. The molecule has 0 aliphatic carbocycles. The van der Waals surface area contributed by atoms with Crippen molar-refractivity contribution in [1.82, 2.24) is 20.7 Å². The lowest BCUT2D eigenvalue weighted by Gasteiger charge is -2.08. The van der Waals surface area contributed by atoms with Crippen LogP contribution in [0.15, 0.2) is 37.3 Å². The van der Waals surface area contributed by atoms with Crippen LogP contribution >= 0.6 is 27.7 Å². The van der Waals surface area contributed by atoms with Crippen molar-refractivity contribution >= 4 is 45.1 Å². The normalized spacial score (nSPS) is 11.5. The van der Waals surface area contributed by atoms with Crippen LogP contribution in [0.3, 0.4) is 0 Å². The van der Waals surface area contributed by atoms with Crippen LogP contribution in [0.25, 0.3) is 0 Å². The maximum Gasteiger partial charge on any atom is 0.232 e. The molecular weight excluding hydrogens is 405 g/mol. The molecule has 0 aliphatic heterocycles. The second-order valence-electron chi connectivity index (χ2n) is 4.67. The van der Waals surface area contributed by atoms with E-state index in [9.17, 15) is 14.4 Å². The van der Waals surface area contributed by atoms with Crippen LogP contribution in [0.1, 0.15) is 5.69 Å². The Morgan fingerprint density at radius 1 is 1.50 bits per heavy atom. The van der Waals surface area contributed by atoms with Gasteiger partial charge >= 0.3 is 0 Å². The van der Waals surface area contributed by atoms with Gasteiger partial charge in [0.05, 0.1) is 15.9 Å². The second-order valence-corrected chi connectivity index (χ2v) is 6.48. The highest BCUT2D eigenvalue weighted by atomic mass is 79.9. The Bertz CT molecular complexity index is 768. The number of thioether (sulfide) groups is 1. The minimum absolute atomic E-state index is 0.0467. The van der Waals surface area contributed by atoms with Crippen molar-refractivity contribution in [2.45, 2.75) is 5.03 Å². The van der Waals surface area contributed by atoms with Gasteiger partial charge in [-0.3, -0.25) is 15.5 Å². The van der Waals surface area contributed by atoms with Crippen LogP contribution in [0.2, 0.25) is 0 Å². The van der Waals surface area contributed by atoms with Crippen LogP contribution in [-0.4, -0.2) is 52.0 Å². The molecule has 1 amide bonds. The Kier molecular flexibility index (Phi) is 6.29. The molecule has 0 bridgehead atoms. The van der Waals surface area contributed by atoms with E-state index in [0.717, 1.165) is 11.8 Å². The van der Waals surface area contributed by atoms with Crippen molar-refractivity contribution in [2.75, 3.05) is 19.8 Å². The van der Waals surface area contributed by atoms with E-state index in [1.54, 1.807) is 14.1 Å². The lowest BCUT2D eigenvalue weighted by molar-refractivity contribution is -0.125. The molecule has 1 aromatic carbocycles. The summed E-state index contributed by atoms with van der Waals surface area (Å²) < 4.78 is 18.1. The monoisotopic (exact) mass is 417 g/mol. The van der Waals surface area contributed by atoms with Crippen molar-refractivity contribution in [2.24, 2.45) is 4.99 Å². The van der Waals surface area contributed by atoms with E-state index in [4.69, 9.17) is 0 Å². The molecule has 1 aromatic heterocycles. The number of carbonyl (C=O) groups is 1. The molecule has 0 aliphatic rings. The number of aliphatic imine (C=N–C) groups is 1. The zero-order valence-corrected chi connectivity index (χ0v) is 15.1. The smallest absolute Gasteiger partial charge is 0.232 e. The average molecular weight is 418 g/mol. The molecule has 2 N–H and O–H groups in total. The molecule has 1 heterocycles. The van der Waals surface area contributed by atoms with E-state index < -0.39 is 5.82 Å². The zero-order valence-electron chi connectivity index (χ0n) is 12.7. The minimum atomic E-state index is -0.436. The number of hydrogen-bond acceptors (Lipinski definition) is 7. The van der Waals surface area contributed by atoms with Crippen molar-refractivity contribution < 1.29 is 19.0 Å². The number of amidine groups is 1. The predicted octanol–water partition coefficient (Wildman–Crippen LogP) is 2.21. The van der Waals surface area contributed by atoms with Crippen molar-refractivity contribution in [1.29, 1.82) is 0 Å². The van der Waals surface area contributed by atoms with Crippen molar-refractivity contribution in [3.05, 3.63) is 34.2 Å². The SMILES string of the molecule is CN(C)C(=O)CSc1nonc1C(=Nc1ccc(F)c(Br)c1)NO. The third kappa shape index (κ3) is 4.52. The number of hydrogen-bond donors (Lipinski definition) is 2. The fourth-order valence-electron chi connectivity index (χ4n) is 1.49. The van der Waals surface area contributed by atoms with Gasteiger partial charge in [-0.25, -0.2) is 14.0 Å². The molecule has 0 saturated heterocycles. The molecular formula is C13H13BrFN5O3S. The van der Waals surface area contributed by atoms with Gasteiger partial charge in [0.1, 0.15) is 5.82 Å². The van der Waals surface area contributed by atoms with E-state index in [-0.39, 0.29) is 32.7 Å². The first-order valence-corrected chi connectivity index (χ1v) is 8.30. The van der Waals surface area contributed by atoms with Gasteiger partial charge in [-0.15, -0.1) is 0 Å². The fourth-order valence-corrected chi connectivity index (χ4v) is 2.74. The summed E-state index contributed by atoms with van der Waals surface area (Å²) in [5.74, 6) is -0.481. The maximum absolute atomic E-state index is 13.3. The summed E-state index contributed by atoms with van der Waals surface area (Å²) in [4.78, 5) is 17.2. The average Bonchev–Trinajstić information content (AvgIpc) is 3.01. The molecule has 11 heteroatoms. The van der Waals surface area contributed by atoms with Crippen LogP contribution in [0.4, 0.5) is 10.1 Å². The Labute approximate surface area is 149 Å². The Hall–Kier alpha value is -1.98. The van der Waals surface area contributed by atoms with Crippen LogP contribution in [0, 0.1) is 5.82 Å². The summed E-state index contributed by atoms with van der Waals surface area (Å²) in [6.45, 7) is 0. The van der Waals surface area contributed by atoms with E-state index in [1.807, 2.05) is 5.48 Å². The number of nitrogens with one attached hydrogen (secondary N) is 1. The number of aromatic nitrogens is 2. The number of benzene rings is 1. The molecule has 0 fully saturated rings. The standard InChI is InChI=1S/C13H13BrFN5O3S/c1-20(2)10(21)6-24-13-11(18-23-19-13)12(17-22)16-7-3-4-9(15)8(14)5-7/h3-5,22H,6H2,1-2H3,(H,16,17). The van der Waals surface area contributed by atoms with Gasteiger partial charge in [0.2, 0.25) is 5.91 Å². The third-order valence-electron chi connectivity index (χ3n) is 2.76. The molecule has 2 aromatic rings. The molecule has 0 saturated carbocycles. The third-order valence-corrected chi connectivity index (χ3v) is 4.30. The molecule has 0 atom stereocenters. The first kappa shape index (κ1) is 18.4. The molecule has 2 rings (SSSR count). The first-order valence-electron chi connectivity index (χ1n) is 6.52. The summed E-state index contributed by atoms with van der Waals surface area (Å²) >= 11 is 4.15. The molecule has 8 nitrogen and oxygen atoms in total. The van der Waals surface area contributed by atoms with Gasteiger partial charge in [-0.1, -0.05) is 11.8 Å². The van der Waals surface area contributed by atoms with E-state index in [0.29, 0.717) is 5.69 Å².